The average Bonchev–Trinajstić information content (AvgIpc) is 2.27. The Labute approximate surface area is 91.3 Å². The van der Waals surface area contributed by atoms with E-state index in [0.717, 1.165) is 12.0 Å². The zero-order valence-electron chi connectivity index (χ0n) is 9.40. The van der Waals surface area contributed by atoms with Gasteiger partial charge in [-0.2, -0.15) is 0 Å². The predicted molar refractivity (Wildman–Crippen MR) is 60.6 cm³/mol. The molecule has 0 bridgehead atoms. The number of ketones is 1. The van der Waals surface area contributed by atoms with Gasteiger partial charge in [0, 0.05) is 6.42 Å². The average molecular weight is 206 g/mol. The molecule has 0 N–H and O–H groups in total. The summed E-state index contributed by atoms with van der Waals surface area (Å²) in [5, 5.41) is 0. The standard InChI is InChI=1S/C13H18O2/c1-3-7-13(14)11(2)15-10-12-8-5-4-6-9-12/h4-6,8-9,11H,3,7,10H2,1-2H3. The molecule has 0 saturated heterocycles. The molecular formula is C13H18O2. The normalized spacial score (nSPS) is 12.4. The first kappa shape index (κ1) is 11.9. The zero-order chi connectivity index (χ0) is 11.1. The second-order valence-corrected chi connectivity index (χ2v) is 3.66. The smallest absolute Gasteiger partial charge is 0.161 e. The van der Waals surface area contributed by atoms with Crippen molar-refractivity contribution < 1.29 is 9.53 Å². The van der Waals surface area contributed by atoms with Crippen LogP contribution in [0.3, 0.4) is 0 Å². The maximum absolute atomic E-state index is 11.4. The van der Waals surface area contributed by atoms with E-state index in [1.54, 1.807) is 0 Å². The van der Waals surface area contributed by atoms with Gasteiger partial charge in [0.25, 0.3) is 0 Å². The van der Waals surface area contributed by atoms with Crippen molar-refractivity contribution in [3.63, 3.8) is 0 Å². The first-order valence-electron chi connectivity index (χ1n) is 5.42. The number of Topliss-reactive ketones (excluding diaryl/α,β-unsaturated/α-hetero) is 1. The number of benzene rings is 1. The maximum Gasteiger partial charge on any atom is 0.161 e. The van der Waals surface area contributed by atoms with Crippen molar-refractivity contribution in [1.82, 2.24) is 0 Å². The maximum atomic E-state index is 11.4. The summed E-state index contributed by atoms with van der Waals surface area (Å²) in [5.74, 6) is 0.188. The van der Waals surface area contributed by atoms with Gasteiger partial charge in [-0.15, -0.1) is 0 Å². The molecular weight excluding hydrogens is 188 g/mol. The largest absolute Gasteiger partial charge is 0.366 e. The summed E-state index contributed by atoms with van der Waals surface area (Å²) in [7, 11) is 0. The van der Waals surface area contributed by atoms with Crippen molar-refractivity contribution in [2.24, 2.45) is 0 Å². The van der Waals surface area contributed by atoms with Gasteiger partial charge in [-0.1, -0.05) is 37.3 Å². The second-order valence-electron chi connectivity index (χ2n) is 3.66. The summed E-state index contributed by atoms with van der Waals surface area (Å²) >= 11 is 0. The Morgan fingerprint density at radius 3 is 2.60 bits per heavy atom. The van der Waals surface area contributed by atoms with Gasteiger partial charge in [0.05, 0.1) is 6.61 Å². The molecule has 1 rings (SSSR count). The molecule has 1 atom stereocenters. The molecule has 2 nitrogen and oxygen atoms in total. The minimum atomic E-state index is -0.287. The number of rotatable bonds is 6. The van der Waals surface area contributed by atoms with Gasteiger partial charge in [0.15, 0.2) is 5.78 Å². The van der Waals surface area contributed by atoms with Crippen molar-refractivity contribution in [3.8, 4) is 0 Å². The third-order valence-electron chi connectivity index (χ3n) is 2.29. The second kappa shape index (κ2) is 6.36. The molecule has 15 heavy (non-hydrogen) atoms. The van der Waals surface area contributed by atoms with Crippen LogP contribution in [0.15, 0.2) is 30.3 Å². The van der Waals surface area contributed by atoms with Gasteiger partial charge in [-0.25, -0.2) is 0 Å². The van der Waals surface area contributed by atoms with Crippen molar-refractivity contribution >= 4 is 5.78 Å². The quantitative estimate of drug-likeness (QED) is 0.715. The van der Waals surface area contributed by atoms with Crippen LogP contribution in [0, 0.1) is 0 Å². The molecule has 2 heteroatoms. The third kappa shape index (κ3) is 4.26. The third-order valence-corrected chi connectivity index (χ3v) is 2.29. The van der Waals surface area contributed by atoms with Crippen LogP contribution in [0.1, 0.15) is 32.3 Å². The van der Waals surface area contributed by atoms with Crippen LogP contribution in [0.5, 0.6) is 0 Å². The lowest BCUT2D eigenvalue weighted by Crippen LogP contribution is -2.20. The van der Waals surface area contributed by atoms with Crippen LogP contribution in [0.4, 0.5) is 0 Å². The highest BCUT2D eigenvalue weighted by molar-refractivity contribution is 5.82. The van der Waals surface area contributed by atoms with E-state index in [-0.39, 0.29) is 11.9 Å². The SMILES string of the molecule is CCCC(=O)C(C)OCc1ccccc1. The molecule has 0 heterocycles. The molecule has 0 spiro atoms. The summed E-state index contributed by atoms with van der Waals surface area (Å²) in [4.78, 5) is 11.4. The first-order chi connectivity index (χ1) is 7.24. The van der Waals surface area contributed by atoms with Gasteiger partial charge in [0.1, 0.15) is 6.10 Å². The van der Waals surface area contributed by atoms with Gasteiger partial charge in [-0.3, -0.25) is 4.79 Å². The number of hydrogen-bond acceptors (Lipinski definition) is 2. The Morgan fingerprint density at radius 2 is 2.00 bits per heavy atom. The van der Waals surface area contributed by atoms with E-state index in [1.807, 2.05) is 44.2 Å². The topological polar surface area (TPSA) is 26.3 Å². The van der Waals surface area contributed by atoms with Gasteiger partial charge in [-0.05, 0) is 18.9 Å². The molecule has 0 aliphatic rings. The molecule has 0 fully saturated rings. The van der Waals surface area contributed by atoms with Gasteiger partial charge < -0.3 is 4.74 Å². The Morgan fingerprint density at radius 1 is 1.33 bits per heavy atom. The number of ether oxygens (including phenoxy) is 1. The van der Waals surface area contributed by atoms with Crippen LogP contribution in [-0.4, -0.2) is 11.9 Å². The Bertz CT molecular complexity index is 293. The lowest BCUT2D eigenvalue weighted by molar-refractivity contribution is -0.130. The molecule has 0 aliphatic heterocycles. The fourth-order valence-corrected chi connectivity index (χ4v) is 1.34. The molecule has 0 radical (unpaired) electrons. The summed E-state index contributed by atoms with van der Waals surface area (Å²) < 4.78 is 5.49. The minimum Gasteiger partial charge on any atom is -0.366 e. The van der Waals surface area contributed by atoms with Crippen LogP contribution in [0.25, 0.3) is 0 Å². The van der Waals surface area contributed by atoms with E-state index in [4.69, 9.17) is 4.74 Å². The fourth-order valence-electron chi connectivity index (χ4n) is 1.34. The summed E-state index contributed by atoms with van der Waals surface area (Å²) in [6, 6.07) is 9.90. The Hall–Kier alpha value is -1.15. The molecule has 1 aromatic carbocycles. The van der Waals surface area contributed by atoms with Crippen LogP contribution < -0.4 is 0 Å². The van der Waals surface area contributed by atoms with E-state index in [1.165, 1.54) is 0 Å². The molecule has 82 valence electrons. The number of carbonyl (C=O) groups is 1. The van der Waals surface area contributed by atoms with Crippen LogP contribution in [-0.2, 0) is 16.1 Å². The molecule has 0 aliphatic carbocycles. The van der Waals surface area contributed by atoms with Gasteiger partial charge >= 0.3 is 0 Å². The van der Waals surface area contributed by atoms with Crippen LogP contribution in [0.2, 0.25) is 0 Å². The Balaban J connectivity index is 2.34. The molecule has 1 unspecified atom stereocenters. The molecule has 0 saturated carbocycles. The molecule has 0 amide bonds. The van der Waals surface area contributed by atoms with E-state index in [0.29, 0.717) is 13.0 Å². The zero-order valence-corrected chi connectivity index (χ0v) is 9.40. The van der Waals surface area contributed by atoms with E-state index in [2.05, 4.69) is 0 Å². The number of hydrogen-bond donors (Lipinski definition) is 0. The first-order valence-corrected chi connectivity index (χ1v) is 5.42. The number of carbonyl (C=O) groups excluding carboxylic acids is 1. The van der Waals surface area contributed by atoms with E-state index in [9.17, 15) is 4.79 Å². The summed E-state index contributed by atoms with van der Waals surface area (Å²) in [6.45, 7) is 4.33. The van der Waals surface area contributed by atoms with Crippen molar-refractivity contribution in [1.29, 1.82) is 0 Å². The highest BCUT2D eigenvalue weighted by Gasteiger charge is 2.11. The molecule has 0 aromatic heterocycles. The van der Waals surface area contributed by atoms with Gasteiger partial charge in [0.2, 0.25) is 0 Å². The highest BCUT2D eigenvalue weighted by Crippen LogP contribution is 2.05. The predicted octanol–water partition coefficient (Wildman–Crippen LogP) is 2.96. The Kier molecular flexibility index (Phi) is 5.05. The van der Waals surface area contributed by atoms with E-state index < -0.39 is 0 Å². The lowest BCUT2D eigenvalue weighted by atomic mass is 10.1. The fraction of sp³-hybridized carbons (Fsp3) is 0.462. The summed E-state index contributed by atoms with van der Waals surface area (Å²) in [6.07, 6.45) is 1.21. The van der Waals surface area contributed by atoms with E-state index >= 15 is 0 Å². The van der Waals surface area contributed by atoms with Crippen molar-refractivity contribution in [2.75, 3.05) is 0 Å². The minimum absolute atomic E-state index is 0.188. The lowest BCUT2D eigenvalue weighted by Gasteiger charge is -2.11. The van der Waals surface area contributed by atoms with Crippen LogP contribution >= 0.6 is 0 Å². The molecule has 1 aromatic rings. The monoisotopic (exact) mass is 206 g/mol. The van der Waals surface area contributed by atoms with Crippen molar-refractivity contribution in [2.45, 2.75) is 39.4 Å². The van der Waals surface area contributed by atoms with Crippen molar-refractivity contribution in [3.05, 3.63) is 35.9 Å². The summed E-state index contributed by atoms with van der Waals surface area (Å²) in [5.41, 5.74) is 1.11. The highest BCUT2D eigenvalue weighted by atomic mass is 16.5.